The molecule has 1 rings (SSSR count). The van der Waals surface area contributed by atoms with Gasteiger partial charge in [-0.3, -0.25) is 10.1 Å². The van der Waals surface area contributed by atoms with E-state index in [1.165, 1.54) is 0 Å². The highest BCUT2D eigenvalue weighted by molar-refractivity contribution is 5.80. The molecule has 0 aromatic heterocycles. The van der Waals surface area contributed by atoms with E-state index in [0.29, 0.717) is 6.61 Å². The molecule has 0 aromatic carbocycles. The third-order valence-electron chi connectivity index (χ3n) is 3.42. The lowest BCUT2D eigenvalue weighted by molar-refractivity contribution is -0.149. The van der Waals surface area contributed by atoms with Crippen LogP contribution in [0.2, 0.25) is 0 Å². The van der Waals surface area contributed by atoms with Crippen LogP contribution in [0.15, 0.2) is 0 Å². The number of nitrogens with one attached hydrogen (secondary N) is 1. The van der Waals surface area contributed by atoms with Crippen molar-refractivity contribution in [3.8, 4) is 0 Å². The fourth-order valence-corrected chi connectivity index (χ4v) is 2.35. The third-order valence-corrected chi connectivity index (χ3v) is 3.42. The number of hydrogen-bond donors (Lipinski definition) is 2. The van der Waals surface area contributed by atoms with Gasteiger partial charge in [0.05, 0.1) is 6.61 Å². The molecular formula is C14H27NO3. The first-order valence-corrected chi connectivity index (χ1v) is 7.11. The van der Waals surface area contributed by atoms with Crippen molar-refractivity contribution in [3.63, 3.8) is 0 Å². The van der Waals surface area contributed by atoms with Crippen LogP contribution in [0.25, 0.3) is 0 Å². The van der Waals surface area contributed by atoms with Crippen molar-refractivity contribution in [2.45, 2.75) is 64.5 Å². The summed E-state index contributed by atoms with van der Waals surface area (Å²) in [5, 5.41) is 12.8. The molecule has 1 unspecified atom stereocenters. The van der Waals surface area contributed by atoms with Gasteiger partial charge in [-0.1, -0.05) is 19.8 Å². The Bertz CT molecular complexity index is 264. The lowest BCUT2D eigenvalue weighted by Crippen LogP contribution is -2.59. The lowest BCUT2D eigenvalue weighted by Gasteiger charge is -2.32. The molecule has 0 aliphatic heterocycles. The molecule has 1 fully saturated rings. The maximum atomic E-state index is 11.6. The van der Waals surface area contributed by atoms with Crippen molar-refractivity contribution in [1.82, 2.24) is 5.32 Å². The summed E-state index contributed by atoms with van der Waals surface area (Å²) in [6.45, 7) is 7.06. The second kappa shape index (κ2) is 7.10. The average Bonchev–Trinajstić information content (AvgIpc) is 3.10. The number of carboxylic acids is 1. The Labute approximate surface area is 110 Å². The minimum atomic E-state index is -0.875. The zero-order valence-electron chi connectivity index (χ0n) is 11.9. The molecule has 2 N–H and O–H groups in total. The Morgan fingerprint density at radius 2 is 2.11 bits per heavy atom. The summed E-state index contributed by atoms with van der Waals surface area (Å²) in [5.41, 5.74) is -0.875. The topological polar surface area (TPSA) is 58.6 Å². The van der Waals surface area contributed by atoms with Gasteiger partial charge < -0.3 is 9.84 Å². The Morgan fingerprint density at radius 1 is 1.44 bits per heavy atom. The highest BCUT2D eigenvalue weighted by Gasteiger charge is 2.51. The molecule has 18 heavy (non-hydrogen) atoms. The van der Waals surface area contributed by atoms with E-state index in [0.717, 1.165) is 32.1 Å². The fraction of sp³-hybridized carbons (Fsp3) is 0.929. The van der Waals surface area contributed by atoms with Crippen molar-refractivity contribution in [2.75, 3.05) is 13.2 Å². The summed E-state index contributed by atoms with van der Waals surface area (Å²) < 4.78 is 5.62. The maximum absolute atomic E-state index is 11.6. The maximum Gasteiger partial charge on any atom is 0.326 e. The van der Waals surface area contributed by atoms with Gasteiger partial charge in [0.25, 0.3) is 0 Å². The van der Waals surface area contributed by atoms with Crippen LogP contribution in [0.5, 0.6) is 0 Å². The molecule has 0 amide bonds. The molecule has 1 saturated carbocycles. The predicted molar refractivity (Wildman–Crippen MR) is 71.7 cm³/mol. The quantitative estimate of drug-likeness (QED) is 0.590. The molecule has 0 bridgehead atoms. The molecule has 0 radical (unpaired) electrons. The first-order valence-electron chi connectivity index (χ1n) is 7.11. The average molecular weight is 257 g/mol. The highest BCUT2D eigenvalue weighted by atomic mass is 16.5. The van der Waals surface area contributed by atoms with Crippen molar-refractivity contribution in [2.24, 2.45) is 5.92 Å². The largest absolute Gasteiger partial charge is 0.480 e. The molecule has 106 valence electrons. The number of hydrogen-bond acceptors (Lipinski definition) is 3. The summed E-state index contributed by atoms with van der Waals surface area (Å²) in [5.74, 6) is -0.544. The van der Waals surface area contributed by atoms with E-state index < -0.39 is 11.5 Å². The summed E-state index contributed by atoms with van der Waals surface area (Å²) in [4.78, 5) is 11.6. The van der Waals surface area contributed by atoms with Crippen molar-refractivity contribution >= 4 is 5.97 Å². The van der Waals surface area contributed by atoms with E-state index in [4.69, 9.17) is 4.74 Å². The van der Waals surface area contributed by atoms with E-state index >= 15 is 0 Å². The fourth-order valence-electron chi connectivity index (χ4n) is 2.35. The molecule has 1 atom stereocenters. The van der Waals surface area contributed by atoms with Gasteiger partial charge in [-0.05, 0) is 39.0 Å². The summed E-state index contributed by atoms with van der Waals surface area (Å²) in [6.07, 6.45) is 5.29. The zero-order valence-corrected chi connectivity index (χ0v) is 11.9. The summed E-state index contributed by atoms with van der Waals surface area (Å²) in [7, 11) is 0. The number of unbranched alkanes of at least 4 members (excludes halogenated alkanes) is 2. The minimum absolute atomic E-state index is 0.154. The molecule has 0 spiro atoms. The lowest BCUT2D eigenvalue weighted by atomic mass is 9.93. The molecule has 1 aliphatic carbocycles. The highest BCUT2D eigenvalue weighted by Crippen LogP contribution is 2.40. The Balaban J connectivity index is 2.50. The van der Waals surface area contributed by atoms with E-state index in [1.807, 2.05) is 13.8 Å². The van der Waals surface area contributed by atoms with Crippen LogP contribution < -0.4 is 5.32 Å². The van der Waals surface area contributed by atoms with Gasteiger partial charge in [-0.25, -0.2) is 0 Å². The molecule has 4 nitrogen and oxygen atoms in total. The molecule has 0 saturated heterocycles. The second-order valence-electron chi connectivity index (χ2n) is 5.61. The normalized spacial score (nSPS) is 18.9. The van der Waals surface area contributed by atoms with E-state index in [9.17, 15) is 9.90 Å². The van der Waals surface area contributed by atoms with Gasteiger partial charge >= 0.3 is 5.97 Å². The molecular weight excluding hydrogens is 230 g/mol. The van der Waals surface area contributed by atoms with Crippen LogP contribution in [0.1, 0.15) is 52.9 Å². The predicted octanol–water partition coefficient (Wildman–Crippen LogP) is 2.42. The smallest absolute Gasteiger partial charge is 0.326 e. The molecule has 4 heteroatoms. The Morgan fingerprint density at radius 3 is 2.56 bits per heavy atom. The van der Waals surface area contributed by atoms with E-state index in [-0.39, 0.29) is 18.6 Å². The van der Waals surface area contributed by atoms with Crippen LogP contribution in [0, 0.1) is 5.92 Å². The monoisotopic (exact) mass is 257 g/mol. The van der Waals surface area contributed by atoms with Gasteiger partial charge in [-0.2, -0.15) is 0 Å². The van der Waals surface area contributed by atoms with Crippen LogP contribution in [-0.2, 0) is 9.53 Å². The van der Waals surface area contributed by atoms with Crippen LogP contribution in [-0.4, -0.2) is 35.9 Å². The van der Waals surface area contributed by atoms with Gasteiger partial charge in [0.2, 0.25) is 0 Å². The van der Waals surface area contributed by atoms with Crippen molar-refractivity contribution < 1.29 is 14.6 Å². The van der Waals surface area contributed by atoms with E-state index in [1.54, 1.807) is 0 Å². The van der Waals surface area contributed by atoms with Gasteiger partial charge in [0.15, 0.2) is 0 Å². The van der Waals surface area contributed by atoms with Gasteiger partial charge in [0, 0.05) is 12.6 Å². The molecule has 1 aliphatic rings. The molecule has 0 heterocycles. The first-order chi connectivity index (χ1) is 8.53. The molecule has 0 aromatic rings. The number of rotatable bonds is 10. The van der Waals surface area contributed by atoms with Crippen LogP contribution >= 0.6 is 0 Å². The number of carbonyl (C=O) groups is 1. The summed E-state index contributed by atoms with van der Waals surface area (Å²) in [6, 6.07) is 0.154. The van der Waals surface area contributed by atoms with Crippen molar-refractivity contribution in [1.29, 1.82) is 0 Å². The summed E-state index contributed by atoms with van der Waals surface area (Å²) >= 11 is 0. The zero-order chi connectivity index (χ0) is 13.6. The van der Waals surface area contributed by atoms with E-state index in [2.05, 4.69) is 12.2 Å². The van der Waals surface area contributed by atoms with Gasteiger partial charge in [-0.15, -0.1) is 0 Å². The minimum Gasteiger partial charge on any atom is -0.480 e. The Hall–Kier alpha value is -0.610. The number of carboxylic acid groups (broad SMARTS) is 1. The van der Waals surface area contributed by atoms with Gasteiger partial charge in [0.1, 0.15) is 5.54 Å². The van der Waals surface area contributed by atoms with Crippen molar-refractivity contribution in [3.05, 3.63) is 0 Å². The number of aliphatic carboxylic acids is 1. The van der Waals surface area contributed by atoms with Crippen LogP contribution in [0.3, 0.4) is 0 Å². The second-order valence-corrected chi connectivity index (χ2v) is 5.61. The van der Waals surface area contributed by atoms with Crippen LogP contribution in [0.4, 0.5) is 0 Å². The standard InChI is InChI=1S/C14H27NO3/c1-4-5-6-9-18-10-14(13(16)17,12-7-8-12)15-11(2)3/h11-12,15H,4-10H2,1-3H3,(H,16,17). The third kappa shape index (κ3) is 4.25. The first kappa shape index (κ1) is 15.4. The SMILES string of the molecule is CCCCCOCC(NC(C)C)(C(=O)O)C1CC1. The Kier molecular flexibility index (Phi) is 6.09. The number of ether oxygens (including phenoxy) is 1.